The van der Waals surface area contributed by atoms with Crippen LogP contribution in [0.2, 0.25) is 0 Å². The summed E-state index contributed by atoms with van der Waals surface area (Å²) >= 11 is 0. The van der Waals surface area contributed by atoms with Gasteiger partial charge in [-0.25, -0.2) is 0 Å². The normalized spacial score (nSPS) is 26.4. The number of imide groups is 1. The molecule has 0 aliphatic carbocycles. The highest BCUT2D eigenvalue weighted by Crippen LogP contribution is 2.33. The van der Waals surface area contributed by atoms with Gasteiger partial charge in [-0.3, -0.25) is 24.2 Å². The third-order valence-electron chi connectivity index (χ3n) is 4.27. The lowest BCUT2D eigenvalue weighted by atomic mass is 10.00. The molecule has 2 aliphatic rings. The second-order valence-corrected chi connectivity index (χ2v) is 5.63. The number of pyridine rings is 1. The van der Waals surface area contributed by atoms with Crippen LogP contribution in [0.1, 0.15) is 5.56 Å². The minimum absolute atomic E-state index is 0.0474. The molecular formula is C14H17N3O3. The SMILES string of the molecule is CN1C(=O)C2CN(Cc3ccn(C)c(=O)c3)CC2C1=O. The highest BCUT2D eigenvalue weighted by Gasteiger charge is 2.50. The van der Waals surface area contributed by atoms with Gasteiger partial charge in [-0.2, -0.15) is 0 Å². The first-order valence-electron chi connectivity index (χ1n) is 6.66. The number of nitrogens with zero attached hydrogens (tertiary/aromatic N) is 3. The Hall–Kier alpha value is -1.95. The Morgan fingerprint density at radius 1 is 1.10 bits per heavy atom. The summed E-state index contributed by atoms with van der Waals surface area (Å²) in [5.41, 5.74) is 0.870. The van der Waals surface area contributed by atoms with Crippen LogP contribution in [0, 0.1) is 11.8 Å². The molecule has 6 heteroatoms. The van der Waals surface area contributed by atoms with E-state index in [0.29, 0.717) is 19.6 Å². The summed E-state index contributed by atoms with van der Waals surface area (Å²) in [6, 6.07) is 3.50. The molecule has 0 bridgehead atoms. The zero-order chi connectivity index (χ0) is 14.4. The van der Waals surface area contributed by atoms with E-state index < -0.39 is 0 Å². The Morgan fingerprint density at radius 3 is 2.25 bits per heavy atom. The molecule has 2 saturated heterocycles. The van der Waals surface area contributed by atoms with Crippen LogP contribution in [0.3, 0.4) is 0 Å². The average molecular weight is 275 g/mol. The Kier molecular flexibility index (Phi) is 2.97. The van der Waals surface area contributed by atoms with Gasteiger partial charge in [0.2, 0.25) is 11.8 Å². The molecular weight excluding hydrogens is 258 g/mol. The fourth-order valence-corrected chi connectivity index (χ4v) is 3.07. The van der Waals surface area contributed by atoms with Crippen molar-refractivity contribution in [2.24, 2.45) is 18.9 Å². The number of amides is 2. The Labute approximate surface area is 116 Å². The zero-order valence-electron chi connectivity index (χ0n) is 11.6. The van der Waals surface area contributed by atoms with Crippen molar-refractivity contribution in [3.05, 3.63) is 34.2 Å². The number of fused-ring (bicyclic) bond motifs is 1. The Morgan fingerprint density at radius 2 is 1.70 bits per heavy atom. The van der Waals surface area contributed by atoms with Crippen LogP contribution in [0.4, 0.5) is 0 Å². The molecule has 2 atom stereocenters. The molecule has 0 N–H and O–H groups in total. The minimum atomic E-state index is -0.209. The molecule has 2 fully saturated rings. The van der Waals surface area contributed by atoms with Gasteiger partial charge in [-0.05, 0) is 11.6 Å². The standard InChI is InChI=1S/C14H17N3O3/c1-15-4-3-9(5-12(15)18)6-17-7-10-11(8-17)14(20)16(2)13(10)19/h3-5,10-11H,6-8H2,1-2H3. The highest BCUT2D eigenvalue weighted by molar-refractivity contribution is 6.05. The van der Waals surface area contributed by atoms with Crippen molar-refractivity contribution >= 4 is 11.8 Å². The fraction of sp³-hybridized carbons (Fsp3) is 0.500. The topological polar surface area (TPSA) is 62.6 Å². The van der Waals surface area contributed by atoms with Gasteiger partial charge in [0, 0.05) is 46.0 Å². The maximum atomic E-state index is 11.9. The number of hydrogen-bond acceptors (Lipinski definition) is 4. The van der Waals surface area contributed by atoms with Gasteiger partial charge in [-0.1, -0.05) is 0 Å². The predicted octanol–water partition coefficient (Wildman–Crippen LogP) is -0.568. The van der Waals surface area contributed by atoms with Gasteiger partial charge in [0.25, 0.3) is 5.56 Å². The number of hydrogen-bond donors (Lipinski definition) is 0. The highest BCUT2D eigenvalue weighted by atomic mass is 16.2. The molecule has 106 valence electrons. The lowest BCUT2D eigenvalue weighted by Gasteiger charge is -2.18. The molecule has 20 heavy (non-hydrogen) atoms. The molecule has 1 aromatic rings. The van der Waals surface area contributed by atoms with E-state index in [1.807, 2.05) is 6.07 Å². The molecule has 2 unspecified atom stereocenters. The summed E-state index contributed by atoms with van der Waals surface area (Å²) in [5.74, 6) is -0.573. The van der Waals surface area contributed by atoms with E-state index in [2.05, 4.69) is 4.90 Å². The molecule has 3 heterocycles. The molecule has 6 nitrogen and oxygen atoms in total. The van der Waals surface area contributed by atoms with Crippen molar-refractivity contribution in [1.29, 1.82) is 0 Å². The Balaban J connectivity index is 1.73. The number of likely N-dealkylation sites (tertiary alicyclic amines) is 2. The smallest absolute Gasteiger partial charge is 0.250 e. The monoisotopic (exact) mass is 275 g/mol. The largest absolute Gasteiger partial charge is 0.319 e. The van der Waals surface area contributed by atoms with Gasteiger partial charge in [0.15, 0.2) is 0 Å². The number of aromatic nitrogens is 1. The summed E-state index contributed by atoms with van der Waals surface area (Å²) in [6.07, 6.45) is 1.73. The van der Waals surface area contributed by atoms with E-state index in [0.717, 1.165) is 5.56 Å². The van der Waals surface area contributed by atoms with E-state index >= 15 is 0 Å². The van der Waals surface area contributed by atoms with Crippen LogP contribution in [-0.2, 0) is 23.2 Å². The van der Waals surface area contributed by atoms with Crippen LogP contribution in [0.5, 0.6) is 0 Å². The summed E-state index contributed by atoms with van der Waals surface area (Å²) in [5, 5.41) is 0. The molecule has 3 rings (SSSR count). The van der Waals surface area contributed by atoms with Crippen LogP contribution < -0.4 is 5.56 Å². The summed E-state index contributed by atoms with van der Waals surface area (Å²) in [4.78, 5) is 38.7. The minimum Gasteiger partial charge on any atom is -0.319 e. The third-order valence-corrected chi connectivity index (χ3v) is 4.27. The van der Waals surface area contributed by atoms with Crippen molar-refractivity contribution in [3.8, 4) is 0 Å². The van der Waals surface area contributed by atoms with Gasteiger partial charge in [0.05, 0.1) is 11.8 Å². The number of carbonyl (C=O) groups is 2. The molecule has 0 aromatic carbocycles. The first-order valence-corrected chi connectivity index (χ1v) is 6.66. The fourth-order valence-electron chi connectivity index (χ4n) is 3.07. The maximum Gasteiger partial charge on any atom is 0.250 e. The van der Waals surface area contributed by atoms with Crippen LogP contribution >= 0.6 is 0 Å². The summed E-state index contributed by atoms with van der Waals surface area (Å²) < 4.78 is 1.52. The van der Waals surface area contributed by atoms with Gasteiger partial charge >= 0.3 is 0 Å². The second kappa shape index (κ2) is 4.56. The molecule has 1 aromatic heterocycles. The van der Waals surface area contributed by atoms with Crippen molar-refractivity contribution < 1.29 is 9.59 Å². The Bertz CT molecular complexity index is 613. The number of aryl methyl sites for hydroxylation is 1. The molecule has 0 spiro atoms. The predicted molar refractivity (Wildman–Crippen MR) is 71.7 cm³/mol. The van der Waals surface area contributed by atoms with Crippen molar-refractivity contribution in [1.82, 2.24) is 14.4 Å². The van der Waals surface area contributed by atoms with E-state index in [1.54, 1.807) is 26.4 Å². The van der Waals surface area contributed by atoms with E-state index in [-0.39, 0.29) is 29.2 Å². The number of carbonyl (C=O) groups excluding carboxylic acids is 2. The van der Waals surface area contributed by atoms with E-state index in [1.165, 1.54) is 9.47 Å². The van der Waals surface area contributed by atoms with Crippen LogP contribution in [0.15, 0.2) is 23.1 Å². The molecule has 0 saturated carbocycles. The van der Waals surface area contributed by atoms with Crippen molar-refractivity contribution in [2.75, 3.05) is 20.1 Å². The first-order chi connectivity index (χ1) is 9.47. The average Bonchev–Trinajstić information content (AvgIpc) is 2.91. The van der Waals surface area contributed by atoms with Crippen molar-refractivity contribution in [2.45, 2.75) is 6.54 Å². The lowest BCUT2D eigenvalue weighted by molar-refractivity contribution is -0.138. The zero-order valence-corrected chi connectivity index (χ0v) is 11.6. The summed E-state index contributed by atoms with van der Waals surface area (Å²) in [7, 11) is 3.26. The van der Waals surface area contributed by atoms with Crippen LogP contribution in [-0.4, -0.2) is 46.3 Å². The maximum absolute atomic E-state index is 11.9. The lowest BCUT2D eigenvalue weighted by Crippen LogP contribution is -2.33. The number of rotatable bonds is 2. The molecule has 0 radical (unpaired) electrons. The molecule has 2 aliphatic heterocycles. The third kappa shape index (κ3) is 1.96. The van der Waals surface area contributed by atoms with E-state index in [9.17, 15) is 14.4 Å². The quantitative estimate of drug-likeness (QED) is 0.678. The summed E-state index contributed by atoms with van der Waals surface area (Å²) in [6.45, 7) is 1.79. The molecule has 2 amide bonds. The first kappa shape index (κ1) is 13.1. The van der Waals surface area contributed by atoms with Gasteiger partial charge < -0.3 is 4.57 Å². The van der Waals surface area contributed by atoms with Crippen LogP contribution in [0.25, 0.3) is 0 Å². The van der Waals surface area contributed by atoms with Gasteiger partial charge in [-0.15, -0.1) is 0 Å². The van der Waals surface area contributed by atoms with Gasteiger partial charge in [0.1, 0.15) is 0 Å². The van der Waals surface area contributed by atoms with E-state index in [4.69, 9.17) is 0 Å². The van der Waals surface area contributed by atoms with Crippen molar-refractivity contribution in [3.63, 3.8) is 0 Å². The second-order valence-electron chi connectivity index (χ2n) is 5.63.